The Labute approximate surface area is 127 Å². The number of ether oxygens (including phenoxy) is 1. The Balaban J connectivity index is 2.56. The minimum absolute atomic E-state index is 0.775. The Morgan fingerprint density at radius 2 is 2.15 bits per heavy atom. The molecule has 0 saturated heterocycles. The van der Waals surface area contributed by atoms with Gasteiger partial charge in [-0.2, -0.15) is 4.37 Å². The molecule has 0 unspecified atom stereocenters. The number of unbranched alkanes of at least 4 members (excludes halogenated alkanes) is 3. The first kappa shape index (κ1) is 17.2. The van der Waals surface area contributed by atoms with Gasteiger partial charge in [-0.15, -0.1) is 0 Å². The molecule has 1 aromatic heterocycles. The molecule has 0 aliphatic carbocycles. The number of hydrogen-bond donors (Lipinski definition) is 0. The van der Waals surface area contributed by atoms with E-state index in [2.05, 4.69) is 48.5 Å². The lowest BCUT2D eigenvalue weighted by Gasteiger charge is -2.16. The van der Waals surface area contributed by atoms with Crippen LogP contribution in [0.25, 0.3) is 5.57 Å². The van der Waals surface area contributed by atoms with Crippen LogP contribution in [0.15, 0.2) is 11.5 Å². The summed E-state index contributed by atoms with van der Waals surface area (Å²) in [6, 6.07) is 0. The van der Waals surface area contributed by atoms with Crippen LogP contribution in [0.2, 0.25) is 0 Å². The second-order valence-electron chi connectivity index (χ2n) is 5.09. The van der Waals surface area contributed by atoms with E-state index in [1.807, 2.05) is 0 Å². The van der Waals surface area contributed by atoms with Crippen LogP contribution in [0.5, 0.6) is 5.88 Å². The average Bonchev–Trinajstić information content (AvgIpc) is 2.92. The van der Waals surface area contributed by atoms with E-state index in [9.17, 15) is 0 Å². The van der Waals surface area contributed by atoms with Crippen LogP contribution in [0, 0.1) is 0 Å². The van der Waals surface area contributed by atoms with Gasteiger partial charge in [0, 0.05) is 11.9 Å². The highest BCUT2D eigenvalue weighted by molar-refractivity contribution is 7.04. The second-order valence-corrected chi connectivity index (χ2v) is 5.72. The summed E-state index contributed by atoms with van der Waals surface area (Å²) in [5.41, 5.74) is 2.46. The molecule has 0 bridgehead atoms. The summed E-state index contributed by atoms with van der Waals surface area (Å²) in [4.78, 5) is 2.29. The lowest BCUT2D eigenvalue weighted by molar-refractivity contribution is 0.295. The first-order valence-corrected chi connectivity index (χ1v) is 8.47. The Hall–Kier alpha value is -0.870. The molecule has 0 amide bonds. The zero-order valence-corrected chi connectivity index (χ0v) is 14.1. The standard InChI is InChI=1S/C16H28N2OS/c1-5-8-9-10-11-19-16-15(13-20-17-16)14(6-2)12-18(4)7-3/h6,13H,5,7-12H2,1-4H3/b14-6+. The molecule has 1 heterocycles. The highest BCUT2D eigenvalue weighted by atomic mass is 32.1. The smallest absolute Gasteiger partial charge is 0.232 e. The molecule has 0 spiro atoms. The molecule has 0 aliphatic heterocycles. The van der Waals surface area contributed by atoms with Gasteiger partial charge in [-0.1, -0.05) is 39.2 Å². The van der Waals surface area contributed by atoms with E-state index < -0.39 is 0 Å². The third-order valence-electron chi connectivity index (χ3n) is 3.45. The van der Waals surface area contributed by atoms with Crippen LogP contribution in [-0.2, 0) is 0 Å². The van der Waals surface area contributed by atoms with Gasteiger partial charge in [-0.25, -0.2) is 0 Å². The van der Waals surface area contributed by atoms with Gasteiger partial charge in [0.1, 0.15) is 0 Å². The predicted octanol–water partition coefficient (Wildman–Crippen LogP) is 4.46. The van der Waals surface area contributed by atoms with Gasteiger partial charge >= 0.3 is 0 Å². The summed E-state index contributed by atoms with van der Waals surface area (Å²) in [6.45, 7) is 9.24. The molecule has 114 valence electrons. The van der Waals surface area contributed by atoms with E-state index in [4.69, 9.17) is 4.74 Å². The van der Waals surface area contributed by atoms with E-state index in [1.54, 1.807) is 0 Å². The Kier molecular flexibility index (Phi) is 8.54. The fourth-order valence-electron chi connectivity index (χ4n) is 1.98. The molecule has 0 radical (unpaired) electrons. The van der Waals surface area contributed by atoms with Gasteiger partial charge in [0.15, 0.2) is 0 Å². The first-order valence-electron chi connectivity index (χ1n) is 7.64. The molecular weight excluding hydrogens is 268 g/mol. The fraction of sp³-hybridized carbons (Fsp3) is 0.688. The van der Waals surface area contributed by atoms with E-state index in [-0.39, 0.29) is 0 Å². The third-order valence-corrected chi connectivity index (χ3v) is 4.06. The van der Waals surface area contributed by atoms with Crippen LogP contribution < -0.4 is 4.74 Å². The molecule has 4 heteroatoms. The van der Waals surface area contributed by atoms with Crippen molar-refractivity contribution >= 4 is 17.1 Å². The largest absolute Gasteiger partial charge is 0.477 e. The molecule has 0 aromatic carbocycles. The summed E-state index contributed by atoms with van der Waals surface area (Å²) in [5.74, 6) is 0.809. The van der Waals surface area contributed by atoms with Crippen molar-refractivity contribution in [2.75, 3.05) is 26.7 Å². The van der Waals surface area contributed by atoms with Crippen LogP contribution in [0.1, 0.15) is 52.0 Å². The van der Waals surface area contributed by atoms with Gasteiger partial charge in [-0.05, 0) is 44.0 Å². The summed E-state index contributed by atoms with van der Waals surface area (Å²) >= 11 is 1.48. The third kappa shape index (κ3) is 5.63. The molecule has 1 rings (SSSR count). The lowest BCUT2D eigenvalue weighted by atomic mass is 10.1. The highest BCUT2D eigenvalue weighted by Gasteiger charge is 2.13. The average molecular weight is 296 g/mol. The van der Waals surface area contributed by atoms with E-state index in [0.717, 1.165) is 37.6 Å². The quantitative estimate of drug-likeness (QED) is 0.596. The first-order chi connectivity index (χ1) is 9.72. The number of hydrogen-bond acceptors (Lipinski definition) is 4. The van der Waals surface area contributed by atoms with Crippen LogP contribution >= 0.6 is 11.5 Å². The van der Waals surface area contributed by atoms with Crippen molar-refractivity contribution in [3.63, 3.8) is 0 Å². The Bertz CT molecular complexity index is 401. The van der Waals surface area contributed by atoms with Crippen molar-refractivity contribution in [3.05, 3.63) is 17.0 Å². The van der Waals surface area contributed by atoms with Crippen LogP contribution in [0.3, 0.4) is 0 Å². The van der Waals surface area contributed by atoms with Crippen LogP contribution in [-0.4, -0.2) is 36.0 Å². The predicted molar refractivity (Wildman–Crippen MR) is 88.6 cm³/mol. The van der Waals surface area contributed by atoms with Crippen molar-refractivity contribution in [2.24, 2.45) is 0 Å². The Morgan fingerprint density at radius 1 is 1.35 bits per heavy atom. The van der Waals surface area contributed by atoms with Crippen molar-refractivity contribution in [3.8, 4) is 5.88 Å². The molecule has 0 saturated carbocycles. The number of nitrogens with zero attached hydrogens (tertiary/aromatic N) is 2. The van der Waals surface area contributed by atoms with E-state index in [0.29, 0.717) is 0 Å². The zero-order chi connectivity index (χ0) is 14.8. The molecule has 0 N–H and O–H groups in total. The minimum atomic E-state index is 0.775. The molecule has 0 aliphatic rings. The summed E-state index contributed by atoms with van der Waals surface area (Å²) in [5, 5.41) is 2.10. The molecule has 0 atom stereocenters. The fourth-order valence-corrected chi connectivity index (χ4v) is 2.63. The maximum absolute atomic E-state index is 5.86. The van der Waals surface area contributed by atoms with Crippen LogP contribution in [0.4, 0.5) is 0 Å². The maximum Gasteiger partial charge on any atom is 0.232 e. The van der Waals surface area contributed by atoms with E-state index in [1.165, 1.54) is 36.4 Å². The van der Waals surface area contributed by atoms with Gasteiger partial charge in [0.05, 0.1) is 12.2 Å². The maximum atomic E-state index is 5.86. The molecule has 20 heavy (non-hydrogen) atoms. The van der Waals surface area contributed by atoms with Gasteiger partial charge in [-0.3, -0.25) is 0 Å². The van der Waals surface area contributed by atoms with E-state index >= 15 is 0 Å². The van der Waals surface area contributed by atoms with Gasteiger partial charge in [0.25, 0.3) is 0 Å². The highest BCUT2D eigenvalue weighted by Crippen LogP contribution is 2.27. The Morgan fingerprint density at radius 3 is 2.80 bits per heavy atom. The SMILES string of the molecule is C/C=C(\CN(C)CC)c1csnc1OCCCCCC. The van der Waals surface area contributed by atoms with Gasteiger partial charge < -0.3 is 9.64 Å². The normalized spacial score (nSPS) is 12.2. The van der Waals surface area contributed by atoms with Crippen molar-refractivity contribution in [1.82, 2.24) is 9.27 Å². The lowest BCUT2D eigenvalue weighted by Crippen LogP contribution is -2.20. The summed E-state index contributed by atoms with van der Waals surface area (Å²) in [6.07, 6.45) is 7.07. The molecule has 0 fully saturated rings. The molecule has 3 nitrogen and oxygen atoms in total. The number of likely N-dealkylation sites (N-methyl/N-ethyl adjacent to an activating group) is 1. The number of allylic oxidation sites excluding steroid dienone is 1. The summed E-state index contributed by atoms with van der Waals surface area (Å²) < 4.78 is 10.3. The summed E-state index contributed by atoms with van der Waals surface area (Å²) in [7, 11) is 2.13. The molecule has 1 aromatic rings. The second kappa shape index (κ2) is 9.94. The number of rotatable bonds is 10. The number of aromatic nitrogens is 1. The van der Waals surface area contributed by atoms with Gasteiger partial charge in [0.2, 0.25) is 5.88 Å². The van der Waals surface area contributed by atoms with Crippen molar-refractivity contribution in [2.45, 2.75) is 46.5 Å². The van der Waals surface area contributed by atoms with Crippen molar-refractivity contribution < 1.29 is 4.74 Å². The minimum Gasteiger partial charge on any atom is -0.477 e. The topological polar surface area (TPSA) is 25.4 Å². The molecular formula is C16H28N2OS. The van der Waals surface area contributed by atoms with Crippen molar-refractivity contribution in [1.29, 1.82) is 0 Å². The monoisotopic (exact) mass is 296 g/mol. The zero-order valence-electron chi connectivity index (χ0n) is 13.3.